The molecule has 0 bridgehead atoms. The summed E-state index contributed by atoms with van der Waals surface area (Å²) in [6.07, 6.45) is 2.63. The molecule has 0 aliphatic carbocycles. The monoisotopic (exact) mass is 302 g/mol. The molecule has 3 N–H and O–H groups in total. The minimum atomic E-state index is -3.48. The van der Waals surface area contributed by atoms with Crippen molar-refractivity contribution in [3.63, 3.8) is 0 Å². The standard InChI is InChI=1S/C13H22N2O2S2/c1-4-12-6-5-11(8-14)7-13(12)19(16,17)15-10(2)9-18-3/h5-7,10,15H,4,8-9,14H2,1-3H3. The summed E-state index contributed by atoms with van der Waals surface area (Å²) >= 11 is 1.62. The Morgan fingerprint density at radius 3 is 2.63 bits per heavy atom. The second kappa shape index (κ2) is 7.28. The van der Waals surface area contributed by atoms with Gasteiger partial charge in [0.1, 0.15) is 0 Å². The SMILES string of the molecule is CCc1ccc(CN)cc1S(=O)(=O)NC(C)CSC. The Morgan fingerprint density at radius 1 is 1.42 bits per heavy atom. The number of hydrogen-bond donors (Lipinski definition) is 2. The van der Waals surface area contributed by atoms with Gasteiger partial charge in [0, 0.05) is 18.3 Å². The number of rotatable bonds is 7. The first-order valence-corrected chi connectivity index (χ1v) is 9.15. The summed E-state index contributed by atoms with van der Waals surface area (Å²) in [5, 5.41) is 0. The number of benzene rings is 1. The van der Waals surface area contributed by atoms with Crippen LogP contribution in [0.15, 0.2) is 23.1 Å². The maximum atomic E-state index is 12.4. The predicted molar refractivity (Wildman–Crippen MR) is 81.9 cm³/mol. The maximum absolute atomic E-state index is 12.4. The Morgan fingerprint density at radius 2 is 2.11 bits per heavy atom. The van der Waals surface area contributed by atoms with Crippen molar-refractivity contribution in [2.75, 3.05) is 12.0 Å². The van der Waals surface area contributed by atoms with Gasteiger partial charge in [-0.3, -0.25) is 0 Å². The molecule has 0 spiro atoms. The van der Waals surface area contributed by atoms with Crippen LogP contribution in [0.5, 0.6) is 0 Å². The Balaban J connectivity index is 3.11. The van der Waals surface area contributed by atoms with E-state index in [0.717, 1.165) is 16.9 Å². The lowest BCUT2D eigenvalue weighted by molar-refractivity contribution is 0.570. The molecule has 0 radical (unpaired) electrons. The van der Waals surface area contributed by atoms with E-state index in [4.69, 9.17) is 5.73 Å². The van der Waals surface area contributed by atoms with Crippen LogP contribution in [-0.4, -0.2) is 26.5 Å². The highest BCUT2D eigenvalue weighted by Gasteiger charge is 2.20. The van der Waals surface area contributed by atoms with Gasteiger partial charge in [0.05, 0.1) is 4.90 Å². The zero-order valence-corrected chi connectivity index (χ0v) is 13.3. The molecule has 1 rings (SSSR count). The third-order valence-corrected chi connectivity index (χ3v) is 5.32. The second-order valence-electron chi connectivity index (χ2n) is 4.48. The lowest BCUT2D eigenvalue weighted by atomic mass is 10.1. The zero-order chi connectivity index (χ0) is 14.5. The molecule has 1 unspecified atom stereocenters. The van der Waals surface area contributed by atoms with Gasteiger partial charge in [-0.1, -0.05) is 19.1 Å². The number of sulfonamides is 1. The van der Waals surface area contributed by atoms with Crippen molar-refractivity contribution < 1.29 is 8.42 Å². The van der Waals surface area contributed by atoms with Gasteiger partial charge < -0.3 is 5.73 Å². The van der Waals surface area contributed by atoms with Gasteiger partial charge in [0.25, 0.3) is 0 Å². The third-order valence-electron chi connectivity index (χ3n) is 2.81. The molecule has 108 valence electrons. The van der Waals surface area contributed by atoms with Crippen LogP contribution in [0.3, 0.4) is 0 Å². The first kappa shape index (κ1) is 16.5. The van der Waals surface area contributed by atoms with Gasteiger partial charge in [-0.2, -0.15) is 11.8 Å². The third kappa shape index (κ3) is 4.49. The van der Waals surface area contributed by atoms with Crippen LogP contribution in [0, 0.1) is 0 Å². The molecular formula is C13H22N2O2S2. The van der Waals surface area contributed by atoms with E-state index in [9.17, 15) is 8.42 Å². The fraction of sp³-hybridized carbons (Fsp3) is 0.538. The van der Waals surface area contributed by atoms with E-state index in [0.29, 0.717) is 17.9 Å². The molecule has 0 heterocycles. The maximum Gasteiger partial charge on any atom is 0.241 e. The minimum absolute atomic E-state index is 0.0914. The van der Waals surface area contributed by atoms with Gasteiger partial charge in [-0.25, -0.2) is 13.1 Å². The topological polar surface area (TPSA) is 72.2 Å². The summed E-state index contributed by atoms with van der Waals surface area (Å²) in [7, 11) is -3.48. The van der Waals surface area contributed by atoms with Crippen molar-refractivity contribution in [2.45, 2.75) is 37.8 Å². The fourth-order valence-corrected chi connectivity index (χ4v) is 4.17. The molecule has 1 aromatic rings. The molecule has 0 saturated carbocycles. The van der Waals surface area contributed by atoms with Crippen molar-refractivity contribution >= 4 is 21.8 Å². The number of hydrogen-bond acceptors (Lipinski definition) is 4. The lowest BCUT2D eigenvalue weighted by Gasteiger charge is -2.16. The number of thioether (sulfide) groups is 1. The van der Waals surface area contributed by atoms with Crippen molar-refractivity contribution in [2.24, 2.45) is 5.73 Å². The zero-order valence-electron chi connectivity index (χ0n) is 11.6. The summed E-state index contributed by atoms with van der Waals surface area (Å²) in [5.74, 6) is 0.747. The average molecular weight is 302 g/mol. The van der Waals surface area contributed by atoms with E-state index in [-0.39, 0.29) is 6.04 Å². The van der Waals surface area contributed by atoms with Gasteiger partial charge >= 0.3 is 0 Å². The van der Waals surface area contributed by atoms with E-state index in [1.54, 1.807) is 17.8 Å². The van der Waals surface area contributed by atoms with Gasteiger partial charge in [0.2, 0.25) is 10.0 Å². The summed E-state index contributed by atoms with van der Waals surface area (Å²) in [6.45, 7) is 4.15. The van der Waals surface area contributed by atoms with E-state index in [2.05, 4.69) is 4.72 Å². The van der Waals surface area contributed by atoms with Crippen molar-refractivity contribution in [3.8, 4) is 0 Å². The smallest absolute Gasteiger partial charge is 0.241 e. The summed E-state index contributed by atoms with van der Waals surface area (Å²) < 4.78 is 27.5. The Labute approximate surface area is 120 Å². The molecule has 19 heavy (non-hydrogen) atoms. The van der Waals surface area contributed by atoms with Crippen molar-refractivity contribution in [1.82, 2.24) is 4.72 Å². The summed E-state index contributed by atoms with van der Waals surface area (Å²) in [6, 6.07) is 5.30. The number of aryl methyl sites for hydroxylation is 1. The fourth-order valence-electron chi connectivity index (χ4n) is 1.88. The summed E-state index contributed by atoms with van der Waals surface area (Å²) in [4.78, 5) is 0.353. The van der Waals surface area contributed by atoms with Crippen molar-refractivity contribution in [1.29, 1.82) is 0 Å². The highest BCUT2D eigenvalue weighted by atomic mass is 32.2. The van der Waals surface area contributed by atoms with Crippen molar-refractivity contribution in [3.05, 3.63) is 29.3 Å². The first-order chi connectivity index (χ1) is 8.94. The van der Waals surface area contributed by atoms with Crippen LogP contribution < -0.4 is 10.5 Å². The van der Waals surface area contributed by atoms with Crippen LogP contribution in [0.4, 0.5) is 0 Å². The van der Waals surface area contributed by atoms with E-state index in [1.165, 1.54) is 0 Å². The lowest BCUT2D eigenvalue weighted by Crippen LogP contribution is -2.34. The van der Waals surface area contributed by atoms with Gasteiger partial charge in [-0.15, -0.1) is 0 Å². The van der Waals surface area contributed by atoms with Crippen LogP contribution in [0.1, 0.15) is 25.0 Å². The van der Waals surface area contributed by atoms with E-state index >= 15 is 0 Å². The Bertz CT molecular complexity index is 515. The highest BCUT2D eigenvalue weighted by molar-refractivity contribution is 7.98. The molecular weight excluding hydrogens is 280 g/mol. The largest absolute Gasteiger partial charge is 0.326 e. The predicted octanol–water partition coefficient (Wildman–Crippen LogP) is 1.74. The molecule has 0 amide bonds. The molecule has 1 atom stereocenters. The molecule has 0 aliphatic heterocycles. The Hall–Kier alpha value is -0.560. The molecule has 6 heteroatoms. The van der Waals surface area contributed by atoms with Gasteiger partial charge in [-0.05, 0) is 36.8 Å². The van der Waals surface area contributed by atoms with Crippen LogP contribution in [-0.2, 0) is 23.0 Å². The number of nitrogens with two attached hydrogens (primary N) is 1. The van der Waals surface area contributed by atoms with Crippen LogP contribution >= 0.6 is 11.8 Å². The van der Waals surface area contributed by atoms with Gasteiger partial charge in [0.15, 0.2) is 0 Å². The Kier molecular flexibility index (Phi) is 6.32. The molecule has 0 aromatic heterocycles. The summed E-state index contributed by atoms with van der Waals surface area (Å²) in [5.41, 5.74) is 7.23. The molecule has 0 fully saturated rings. The minimum Gasteiger partial charge on any atom is -0.326 e. The molecule has 1 aromatic carbocycles. The normalized spacial score (nSPS) is 13.5. The average Bonchev–Trinajstić information content (AvgIpc) is 2.37. The first-order valence-electron chi connectivity index (χ1n) is 6.27. The van der Waals surface area contributed by atoms with Crippen LogP contribution in [0.2, 0.25) is 0 Å². The molecule has 0 saturated heterocycles. The quantitative estimate of drug-likeness (QED) is 0.805. The molecule has 4 nitrogen and oxygen atoms in total. The van der Waals surface area contributed by atoms with Crippen LogP contribution in [0.25, 0.3) is 0 Å². The van der Waals surface area contributed by atoms with E-state index in [1.807, 2.05) is 32.2 Å². The number of nitrogens with one attached hydrogen (secondary N) is 1. The highest BCUT2D eigenvalue weighted by Crippen LogP contribution is 2.19. The second-order valence-corrected chi connectivity index (χ2v) is 7.07. The molecule has 0 aliphatic rings. The van der Waals surface area contributed by atoms with E-state index < -0.39 is 10.0 Å².